The van der Waals surface area contributed by atoms with E-state index in [1.165, 1.54) is 0 Å². The quantitative estimate of drug-likeness (QED) is 0.428. The van der Waals surface area contributed by atoms with Crippen molar-refractivity contribution in [2.45, 2.75) is 13.2 Å². The largest absolute Gasteiger partial charge is 0.473 e. The van der Waals surface area contributed by atoms with Crippen LogP contribution in [0.5, 0.6) is 5.88 Å². The summed E-state index contributed by atoms with van der Waals surface area (Å²) in [6.07, 6.45) is 5.19. The average Bonchev–Trinajstić information content (AvgIpc) is 3.36. The highest BCUT2D eigenvalue weighted by atomic mass is 16.5. The van der Waals surface area contributed by atoms with Gasteiger partial charge in [0.15, 0.2) is 5.52 Å². The van der Waals surface area contributed by atoms with Crippen LogP contribution in [-0.2, 0) is 13.2 Å². The number of aromatic nitrogens is 5. The SMILES string of the molecule is O=c1c2nc(OCc3ccc(-n4cccn4)cc3)ccc2ncn1Cc1ccccc1. The molecule has 0 radical (unpaired) electrons. The average molecular weight is 409 g/mol. The highest BCUT2D eigenvalue weighted by Gasteiger charge is 2.08. The fourth-order valence-corrected chi connectivity index (χ4v) is 3.31. The van der Waals surface area contributed by atoms with E-state index < -0.39 is 0 Å². The van der Waals surface area contributed by atoms with Crippen LogP contribution in [0, 0.1) is 0 Å². The first kappa shape index (κ1) is 18.7. The number of nitrogens with zero attached hydrogens (tertiary/aromatic N) is 5. The minimum Gasteiger partial charge on any atom is -0.473 e. The molecular formula is C24H19N5O2. The van der Waals surface area contributed by atoms with Gasteiger partial charge in [0.2, 0.25) is 5.88 Å². The summed E-state index contributed by atoms with van der Waals surface area (Å²) in [7, 11) is 0. The van der Waals surface area contributed by atoms with E-state index in [1.54, 1.807) is 33.9 Å². The molecule has 0 saturated carbocycles. The second kappa shape index (κ2) is 8.23. The molecule has 0 amide bonds. The lowest BCUT2D eigenvalue weighted by atomic mass is 10.2. The van der Waals surface area contributed by atoms with Crippen LogP contribution in [0.1, 0.15) is 11.1 Å². The van der Waals surface area contributed by atoms with Crippen molar-refractivity contribution in [2.24, 2.45) is 0 Å². The Morgan fingerprint density at radius 3 is 2.48 bits per heavy atom. The van der Waals surface area contributed by atoms with Gasteiger partial charge >= 0.3 is 0 Å². The lowest BCUT2D eigenvalue weighted by Gasteiger charge is -2.09. The van der Waals surface area contributed by atoms with E-state index in [4.69, 9.17) is 4.74 Å². The number of pyridine rings is 1. The van der Waals surface area contributed by atoms with E-state index in [-0.39, 0.29) is 5.56 Å². The predicted molar refractivity (Wildman–Crippen MR) is 117 cm³/mol. The standard InChI is InChI=1S/C24H19N5O2/c30-24-23-21(25-17-28(24)15-18-5-2-1-3-6-18)11-12-22(27-23)31-16-19-7-9-20(10-8-19)29-14-4-13-26-29/h1-14,17H,15-16H2. The molecule has 0 saturated heterocycles. The van der Waals surface area contributed by atoms with Crippen molar-refractivity contribution < 1.29 is 4.74 Å². The van der Waals surface area contributed by atoms with Crippen LogP contribution in [0.3, 0.4) is 0 Å². The molecule has 7 nitrogen and oxygen atoms in total. The lowest BCUT2D eigenvalue weighted by Crippen LogP contribution is -2.22. The maximum absolute atomic E-state index is 12.9. The first-order valence-corrected chi connectivity index (χ1v) is 9.88. The van der Waals surface area contributed by atoms with Crippen LogP contribution < -0.4 is 10.3 Å². The smallest absolute Gasteiger partial charge is 0.280 e. The molecule has 5 rings (SSSR count). The van der Waals surface area contributed by atoms with Gasteiger partial charge in [-0.25, -0.2) is 14.6 Å². The minimum absolute atomic E-state index is 0.192. The lowest BCUT2D eigenvalue weighted by molar-refractivity contribution is 0.295. The van der Waals surface area contributed by atoms with Gasteiger partial charge in [0.05, 0.1) is 24.1 Å². The van der Waals surface area contributed by atoms with Gasteiger partial charge in [-0.2, -0.15) is 5.10 Å². The molecule has 3 heterocycles. The molecule has 2 aromatic carbocycles. The van der Waals surface area contributed by atoms with Gasteiger partial charge in [0.1, 0.15) is 6.61 Å². The second-order valence-electron chi connectivity index (χ2n) is 7.09. The Labute approximate surface area is 178 Å². The van der Waals surface area contributed by atoms with Crippen LogP contribution in [0.4, 0.5) is 0 Å². The predicted octanol–water partition coefficient (Wildman–Crippen LogP) is 3.60. The normalized spacial score (nSPS) is 11.0. The maximum atomic E-state index is 12.9. The molecule has 0 fully saturated rings. The number of rotatable bonds is 6. The monoisotopic (exact) mass is 409 g/mol. The number of ether oxygens (including phenoxy) is 1. The van der Waals surface area contributed by atoms with E-state index in [1.807, 2.05) is 66.9 Å². The molecule has 0 bridgehead atoms. The summed E-state index contributed by atoms with van der Waals surface area (Å²) in [6.45, 7) is 0.786. The molecule has 0 aliphatic rings. The fraction of sp³-hybridized carbons (Fsp3) is 0.0833. The summed E-state index contributed by atoms with van der Waals surface area (Å²) in [5.74, 6) is 0.389. The molecule has 0 aliphatic heterocycles. The van der Waals surface area contributed by atoms with Crippen LogP contribution in [0.25, 0.3) is 16.7 Å². The number of hydrogen-bond acceptors (Lipinski definition) is 5. The second-order valence-corrected chi connectivity index (χ2v) is 7.09. The van der Waals surface area contributed by atoms with Crippen molar-refractivity contribution in [3.8, 4) is 11.6 Å². The van der Waals surface area contributed by atoms with E-state index in [2.05, 4.69) is 15.1 Å². The van der Waals surface area contributed by atoms with Crippen LogP contribution in [0.2, 0.25) is 0 Å². The molecule has 0 N–H and O–H groups in total. The van der Waals surface area contributed by atoms with E-state index in [0.717, 1.165) is 16.8 Å². The first-order valence-electron chi connectivity index (χ1n) is 9.88. The number of benzene rings is 2. The molecule has 0 spiro atoms. The summed E-state index contributed by atoms with van der Waals surface area (Å²) in [4.78, 5) is 21.7. The third kappa shape index (κ3) is 4.06. The zero-order chi connectivity index (χ0) is 21.0. The third-order valence-electron chi connectivity index (χ3n) is 4.94. The topological polar surface area (TPSA) is 74.8 Å². The van der Waals surface area contributed by atoms with Crippen LogP contribution in [-0.4, -0.2) is 24.3 Å². The van der Waals surface area contributed by atoms with Crippen molar-refractivity contribution in [2.75, 3.05) is 0 Å². The summed E-state index contributed by atoms with van der Waals surface area (Å²) in [5, 5.41) is 4.22. The molecule has 7 heteroatoms. The van der Waals surface area contributed by atoms with Crippen molar-refractivity contribution >= 4 is 11.0 Å². The summed E-state index contributed by atoms with van der Waals surface area (Å²) < 4.78 is 9.19. The van der Waals surface area contributed by atoms with E-state index in [0.29, 0.717) is 30.1 Å². The van der Waals surface area contributed by atoms with E-state index >= 15 is 0 Å². The highest BCUT2D eigenvalue weighted by Crippen LogP contribution is 2.15. The fourth-order valence-electron chi connectivity index (χ4n) is 3.31. The van der Waals surface area contributed by atoms with Gasteiger partial charge in [-0.1, -0.05) is 42.5 Å². The summed E-state index contributed by atoms with van der Waals surface area (Å²) >= 11 is 0. The van der Waals surface area contributed by atoms with Crippen LogP contribution in [0.15, 0.2) is 96.3 Å². The Morgan fingerprint density at radius 2 is 1.71 bits per heavy atom. The first-order chi connectivity index (χ1) is 15.3. The Morgan fingerprint density at radius 1 is 0.871 bits per heavy atom. The molecule has 3 aromatic heterocycles. The molecular weight excluding hydrogens is 390 g/mol. The van der Waals surface area contributed by atoms with Gasteiger partial charge < -0.3 is 4.74 Å². The Bertz CT molecular complexity index is 1360. The molecule has 0 aliphatic carbocycles. The summed E-state index contributed by atoms with van der Waals surface area (Å²) in [6, 6.07) is 23.1. The van der Waals surface area contributed by atoms with Crippen molar-refractivity contribution in [1.82, 2.24) is 24.3 Å². The van der Waals surface area contributed by atoms with Gasteiger partial charge in [-0.15, -0.1) is 0 Å². The molecule has 152 valence electrons. The zero-order valence-electron chi connectivity index (χ0n) is 16.6. The minimum atomic E-state index is -0.192. The Balaban J connectivity index is 1.34. The van der Waals surface area contributed by atoms with Crippen molar-refractivity contribution in [3.05, 3.63) is 113 Å². The zero-order valence-corrected chi connectivity index (χ0v) is 16.6. The maximum Gasteiger partial charge on any atom is 0.280 e. The van der Waals surface area contributed by atoms with E-state index in [9.17, 15) is 4.79 Å². The number of hydrogen-bond donors (Lipinski definition) is 0. The van der Waals surface area contributed by atoms with Crippen molar-refractivity contribution in [1.29, 1.82) is 0 Å². The molecule has 5 aromatic rings. The van der Waals surface area contributed by atoms with Gasteiger partial charge in [-0.05, 0) is 35.4 Å². The van der Waals surface area contributed by atoms with Gasteiger partial charge in [-0.3, -0.25) is 9.36 Å². The Hall–Kier alpha value is -4.26. The highest BCUT2D eigenvalue weighted by molar-refractivity contribution is 5.73. The third-order valence-corrected chi connectivity index (χ3v) is 4.94. The molecule has 0 unspecified atom stereocenters. The molecule has 31 heavy (non-hydrogen) atoms. The van der Waals surface area contributed by atoms with Gasteiger partial charge in [0, 0.05) is 18.5 Å². The van der Waals surface area contributed by atoms with Gasteiger partial charge in [0.25, 0.3) is 5.56 Å². The number of fused-ring (bicyclic) bond motifs is 1. The summed E-state index contributed by atoms with van der Waals surface area (Å²) in [5.41, 5.74) is 3.64. The Kier molecular flexibility index (Phi) is 4.98. The molecule has 0 atom stereocenters. The van der Waals surface area contributed by atoms with Crippen molar-refractivity contribution in [3.63, 3.8) is 0 Å². The van der Waals surface area contributed by atoms with Crippen LogP contribution >= 0.6 is 0 Å².